The third-order valence-electron chi connectivity index (χ3n) is 2.69. The van der Waals surface area contributed by atoms with E-state index < -0.39 is 0 Å². The number of ether oxygens (including phenoxy) is 1. The molecule has 0 aliphatic heterocycles. The van der Waals surface area contributed by atoms with Crippen LogP contribution in [0.3, 0.4) is 0 Å². The van der Waals surface area contributed by atoms with Crippen LogP contribution in [0.2, 0.25) is 0 Å². The van der Waals surface area contributed by atoms with Crippen LogP contribution in [-0.2, 0) is 0 Å². The number of para-hydroxylation sites is 2. The lowest BCUT2D eigenvalue weighted by Gasteiger charge is -2.34. The van der Waals surface area contributed by atoms with Gasteiger partial charge in [-0.05, 0) is 25.0 Å². The summed E-state index contributed by atoms with van der Waals surface area (Å²) in [5.74, 6) is 0.826. The van der Waals surface area contributed by atoms with E-state index in [2.05, 4.69) is 5.32 Å². The first-order valence-corrected chi connectivity index (χ1v) is 4.89. The van der Waals surface area contributed by atoms with Gasteiger partial charge in [-0.15, -0.1) is 0 Å². The summed E-state index contributed by atoms with van der Waals surface area (Å²) >= 11 is 0. The lowest BCUT2D eigenvalue weighted by molar-refractivity contribution is 0.0785. The molecule has 2 rings (SSSR count). The minimum atomic E-state index is -0.208. The highest BCUT2D eigenvalue weighted by molar-refractivity contribution is 5.57. The Kier molecular flexibility index (Phi) is 2.59. The molecule has 0 spiro atoms. The van der Waals surface area contributed by atoms with Gasteiger partial charge in [-0.25, -0.2) is 0 Å². The van der Waals surface area contributed by atoms with Crippen LogP contribution in [0.5, 0.6) is 5.75 Å². The number of anilines is 1. The van der Waals surface area contributed by atoms with Crippen molar-refractivity contribution in [3.8, 4) is 5.75 Å². The van der Waals surface area contributed by atoms with Gasteiger partial charge in [0.1, 0.15) is 5.75 Å². The topological polar surface area (TPSA) is 41.5 Å². The SMILES string of the molecule is COc1ccccc1NC1CCC1O. The van der Waals surface area contributed by atoms with Gasteiger partial charge in [-0.3, -0.25) is 0 Å². The van der Waals surface area contributed by atoms with Crippen LogP contribution in [0.1, 0.15) is 12.8 Å². The molecule has 2 N–H and O–H groups in total. The average Bonchev–Trinajstić information content (AvgIpc) is 2.24. The fourth-order valence-corrected chi connectivity index (χ4v) is 1.61. The maximum atomic E-state index is 9.43. The van der Waals surface area contributed by atoms with Gasteiger partial charge in [-0.2, -0.15) is 0 Å². The van der Waals surface area contributed by atoms with E-state index in [4.69, 9.17) is 4.74 Å². The summed E-state index contributed by atoms with van der Waals surface area (Å²) < 4.78 is 5.21. The van der Waals surface area contributed by atoms with Gasteiger partial charge >= 0.3 is 0 Å². The van der Waals surface area contributed by atoms with Crippen molar-refractivity contribution in [2.24, 2.45) is 0 Å². The molecule has 2 unspecified atom stereocenters. The molecule has 1 saturated carbocycles. The van der Waals surface area contributed by atoms with Crippen LogP contribution in [0, 0.1) is 0 Å². The van der Waals surface area contributed by atoms with Crippen LogP contribution < -0.4 is 10.1 Å². The van der Waals surface area contributed by atoms with Gasteiger partial charge in [-0.1, -0.05) is 12.1 Å². The summed E-state index contributed by atoms with van der Waals surface area (Å²) in [6.07, 6.45) is 1.71. The molecule has 3 nitrogen and oxygen atoms in total. The van der Waals surface area contributed by atoms with Crippen molar-refractivity contribution in [1.29, 1.82) is 0 Å². The van der Waals surface area contributed by atoms with E-state index in [1.165, 1.54) is 0 Å². The van der Waals surface area contributed by atoms with Crippen molar-refractivity contribution in [3.63, 3.8) is 0 Å². The van der Waals surface area contributed by atoms with E-state index in [9.17, 15) is 5.11 Å². The molecule has 2 atom stereocenters. The van der Waals surface area contributed by atoms with Gasteiger partial charge in [0.2, 0.25) is 0 Å². The van der Waals surface area contributed by atoms with E-state index in [1.807, 2.05) is 24.3 Å². The summed E-state index contributed by atoms with van der Waals surface area (Å²) in [6.45, 7) is 0. The van der Waals surface area contributed by atoms with Crippen LogP contribution in [0.4, 0.5) is 5.69 Å². The summed E-state index contributed by atoms with van der Waals surface area (Å²) in [5, 5.41) is 12.7. The predicted octanol–water partition coefficient (Wildman–Crippen LogP) is 1.63. The Morgan fingerprint density at radius 3 is 2.71 bits per heavy atom. The Bertz CT molecular complexity index is 314. The zero-order valence-corrected chi connectivity index (χ0v) is 8.23. The van der Waals surface area contributed by atoms with Crippen LogP contribution >= 0.6 is 0 Å². The van der Waals surface area contributed by atoms with Crippen molar-refractivity contribution >= 4 is 5.69 Å². The molecule has 76 valence electrons. The number of aliphatic hydroxyl groups is 1. The number of hydrogen-bond acceptors (Lipinski definition) is 3. The Balaban J connectivity index is 2.07. The van der Waals surface area contributed by atoms with Crippen LogP contribution in [0.15, 0.2) is 24.3 Å². The molecule has 0 aromatic heterocycles. The molecular formula is C11H15NO2. The minimum absolute atomic E-state index is 0.186. The molecule has 0 bridgehead atoms. The van der Waals surface area contributed by atoms with Gasteiger partial charge in [0.25, 0.3) is 0 Å². The minimum Gasteiger partial charge on any atom is -0.495 e. The summed E-state index contributed by atoms with van der Waals surface area (Å²) in [6, 6.07) is 7.94. The highest BCUT2D eigenvalue weighted by Gasteiger charge is 2.28. The van der Waals surface area contributed by atoms with E-state index in [-0.39, 0.29) is 12.1 Å². The fraction of sp³-hybridized carbons (Fsp3) is 0.455. The third-order valence-corrected chi connectivity index (χ3v) is 2.69. The van der Waals surface area contributed by atoms with Crippen molar-refractivity contribution < 1.29 is 9.84 Å². The first kappa shape index (κ1) is 9.34. The van der Waals surface area contributed by atoms with E-state index in [1.54, 1.807) is 7.11 Å². The molecule has 0 amide bonds. The maximum Gasteiger partial charge on any atom is 0.141 e. The molecule has 1 aliphatic rings. The van der Waals surface area contributed by atoms with Gasteiger partial charge in [0, 0.05) is 0 Å². The maximum absolute atomic E-state index is 9.43. The molecule has 3 heteroatoms. The fourth-order valence-electron chi connectivity index (χ4n) is 1.61. The number of methoxy groups -OCH3 is 1. The number of nitrogens with one attached hydrogen (secondary N) is 1. The molecule has 14 heavy (non-hydrogen) atoms. The number of rotatable bonds is 3. The summed E-state index contributed by atoms with van der Waals surface area (Å²) in [4.78, 5) is 0. The van der Waals surface area contributed by atoms with Crippen molar-refractivity contribution in [2.75, 3.05) is 12.4 Å². The van der Waals surface area contributed by atoms with E-state index >= 15 is 0 Å². The van der Waals surface area contributed by atoms with Crippen molar-refractivity contribution in [1.82, 2.24) is 0 Å². The number of benzene rings is 1. The quantitative estimate of drug-likeness (QED) is 0.766. The highest BCUT2D eigenvalue weighted by atomic mass is 16.5. The second kappa shape index (κ2) is 3.88. The summed E-state index contributed by atoms with van der Waals surface area (Å²) in [7, 11) is 1.65. The number of hydrogen-bond donors (Lipinski definition) is 2. The Morgan fingerprint density at radius 1 is 1.36 bits per heavy atom. The zero-order valence-electron chi connectivity index (χ0n) is 8.23. The monoisotopic (exact) mass is 193 g/mol. The van der Waals surface area contributed by atoms with E-state index in [0.29, 0.717) is 0 Å². The average molecular weight is 193 g/mol. The lowest BCUT2D eigenvalue weighted by atomic mass is 9.89. The standard InChI is InChI=1S/C11H15NO2/c1-14-11-5-3-2-4-9(11)12-8-6-7-10(8)13/h2-5,8,10,12-13H,6-7H2,1H3. The van der Waals surface area contributed by atoms with Crippen molar-refractivity contribution in [3.05, 3.63) is 24.3 Å². The Hall–Kier alpha value is -1.22. The molecule has 0 heterocycles. The molecule has 1 aromatic carbocycles. The molecular weight excluding hydrogens is 178 g/mol. The van der Waals surface area contributed by atoms with Crippen LogP contribution in [-0.4, -0.2) is 24.4 Å². The zero-order chi connectivity index (χ0) is 9.97. The molecule has 1 aromatic rings. The predicted molar refractivity (Wildman–Crippen MR) is 55.6 cm³/mol. The van der Waals surface area contributed by atoms with E-state index in [0.717, 1.165) is 24.3 Å². The first-order chi connectivity index (χ1) is 6.81. The highest BCUT2D eigenvalue weighted by Crippen LogP contribution is 2.29. The van der Waals surface area contributed by atoms with Crippen molar-refractivity contribution in [2.45, 2.75) is 25.0 Å². The normalized spacial score (nSPS) is 25.3. The van der Waals surface area contributed by atoms with Gasteiger partial charge in [0.15, 0.2) is 0 Å². The second-order valence-corrected chi connectivity index (χ2v) is 3.60. The largest absolute Gasteiger partial charge is 0.495 e. The molecule has 0 saturated heterocycles. The second-order valence-electron chi connectivity index (χ2n) is 3.60. The smallest absolute Gasteiger partial charge is 0.141 e. The first-order valence-electron chi connectivity index (χ1n) is 4.89. The Labute approximate surface area is 83.7 Å². The molecule has 1 fully saturated rings. The lowest BCUT2D eigenvalue weighted by Crippen LogP contribution is -2.42. The van der Waals surface area contributed by atoms with Gasteiger partial charge in [0.05, 0.1) is 24.9 Å². The summed E-state index contributed by atoms with van der Waals surface area (Å²) in [5.41, 5.74) is 0.957. The number of aliphatic hydroxyl groups excluding tert-OH is 1. The molecule has 0 radical (unpaired) electrons. The Morgan fingerprint density at radius 2 is 2.14 bits per heavy atom. The van der Waals surface area contributed by atoms with Crippen LogP contribution in [0.25, 0.3) is 0 Å². The third kappa shape index (κ3) is 1.68. The van der Waals surface area contributed by atoms with Gasteiger partial charge < -0.3 is 15.2 Å². The molecule has 1 aliphatic carbocycles.